The normalized spacial score (nSPS) is 19.9. The van der Waals surface area contributed by atoms with Gasteiger partial charge >= 0.3 is 5.97 Å². The minimum absolute atomic E-state index is 0.0419. The Morgan fingerprint density at radius 1 is 1.40 bits per heavy atom. The fourth-order valence-corrected chi connectivity index (χ4v) is 3.65. The Balaban J connectivity index is 2.36. The Labute approximate surface area is 119 Å². The quantitative estimate of drug-likeness (QED) is 0.917. The molecule has 0 amide bonds. The van der Waals surface area contributed by atoms with Crippen LogP contribution in [-0.2, 0) is 14.6 Å². The van der Waals surface area contributed by atoms with E-state index in [0.717, 1.165) is 6.42 Å². The molecule has 0 radical (unpaired) electrons. The zero-order valence-electron chi connectivity index (χ0n) is 11.4. The third kappa shape index (κ3) is 2.95. The van der Waals surface area contributed by atoms with Crippen LogP contribution in [0.1, 0.15) is 19.8 Å². The molecular formula is C14H19NO4S. The van der Waals surface area contributed by atoms with E-state index in [4.69, 9.17) is 5.11 Å². The lowest BCUT2D eigenvalue weighted by molar-refractivity contribution is -0.141. The smallest absolute Gasteiger partial charge is 0.308 e. The van der Waals surface area contributed by atoms with Gasteiger partial charge in [0.1, 0.15) is 0 Å². The summed E-state index contributed by atoms with van der Waals surface area (Å²) >= 11 is 0. The molecule has 1 fully saturated rings. The summed E-state index contributed by atoms with van der Waals surface area (Å²) in [5.41, 5.74) is 0.625. The van der Waals surface area contributed by atoms with Crippen molar-refractivity contribution in [2.75, 3.05) is 23.7 Å². The molecule has 1 unspecified atom stereocenters. The first-order valence-corrected chi connectivity index (χ1v) is 8.40. The molecule has 1 aromatic rings. The van der Waals surface area contributed by atoms with Crippen molar-refractivity contribution in [3.63, 3.8) is 0 Å². The topological polar surface area (TPSA) is 74.7 Å². The Hall–Kier alpha value is -1.56. The number of carbonyl (C=O) groups is 1. The first-order valence-electron chi connectivity index (χ1n) is 6.75. The number of hydrogen-bond donors (Lipinski definition) is 1. The summed E-state index contributed by atoms with van der Waals surface area (Å²) in [6.07, 6.45) is 1.41. The Morgan fingerprint density at radius 2 is 2.10 bits per heavy atom. The van der Waals surface area contributed by atoms with E-state index in [0.29, 0.717) is 30.1 Å². The highest BCUT2D eigenvalue weighted by Gasteiger charge is 2.28. The predicted molar refractivity (Wildman–Crippen MR) is 76.7 cm³/mol. The lowest BCUT2D eigenvalue weighted by Crippen LogP contribution is -2.39. The largest absolute Gasteiger partial charge is 0.481 e. The fourth-order valence-electron chi connectivity index (χ4n) is 2.53. The average Bonchev–Trinajstić information content (AvgIpc) is 2.47. The molecule has 0 aromatic heterocycles. The van der Waals surface area contributed by atoms with Crippen LogP contribution in [0.15, 0.2) is 29.2 Å². The van der Waals surface area contributed by atoms with Crippen molar-refractivity contribution in [1.82, 2.24) is 0 Å². The number of aliphatic carboxylic acids is 1. The molecule has 0 aliphatic carbocycles. The summed E-state index contributed by atoms with van der Waals surface area (Å²) in [4.78, 5) is 13.3. The minimum Gasteiger partial charge on any atom is -0.481 e. The highest BCUT2D eigenvalue weighted by atomic mass is 32.2. The van der Waals surface area contributed by atoms with Gasteiger partial charge in [0.2, 0.25) is 0 Å². The van der Waals surface area contributed by atoms with E-state index in [9.17, 15) is 13.2 Å². The molecule has 1 heterocycles. The summed E-state index contributed by atoms with van der Waals surface area (Å²) in [6, 6.07) is 6.84. The minimum atomic E-state index is -3.31. The third-order valence-corrected chi connectivity index (χ3v) is 5.47. The summed E-state index contributed by atoms with van der Waals surface area (Å²) in [5.74, 6) is -1.20. The fraction of sp³-hybridized carbons (Fsp3) is 0.500. The van der Waals surface area contributed by atoms with Crippen LogP contribution < -0.4 is 4.90 Å². The van der Waals surface area contributed by atoms with Crippen molar-refractivity contribution >= 4 is 21.5 Å². The van der Waals surface area contributed by atoms with Gasteiger partial charge in [-0.25, -0.2) is 8.42 Å². The first kappa shape index (κ1) is 14.8. The van der Waals surface area contributed by atoms with E-state index >= 15 is 0 Å². The van der Waals surface area contributed by atoms with Gasteiger partial charge in [-0.05, 0) is 25.0 Å². The number of para-hydroxylation sites is 1. The lowest BCUT2D eigenvalue weighted by Gasteiger charge is -2.33. The molecule has 20 heavy (non-hydrogen) atoms. The number of nitrogens with zero attached hydrogens (tertiary/aromatic N) is 1. The molecule has 1 aliphatic rings. The van der Waals surface area contributed by atoms with Gasteiger partial charge < -0.3 is 10.0 Å². The van der Waals surface area contributed by atoms with Crippen LogP contribution in [0.2, 0.25) is 0 Å². The molecule has 2 rings (SSSR count). The van der Waals surface area contributed by atoms with Gasteiger partial charge in [-0.15, -0.1) is 0 Å². The summed E-state index contributed by atoms with van der Waals surface area (Å²) in [5, 5.41) is 9.13. The second-order valence-corrected chi connectivity index (χ2v) is 7.24. The molecular weight excluding hydrogens is 278 g/mol. The van der Waals surface area contributed by atoms with Crippen molar-refractivity contribution in [3.05, 3.63) is 24.3 Å². The van der Waals surface area contributed by atoms with E-state index in [1.54, 1.807) is 31.2 Å². The Kier molecular flexibility index (Phi) is 4.32. The maximum absolute atomic E-state index is 12.1. The number of rotatable bonds is 4. The first-order chi connectivity index (χ1) is 9.45. The zero-order chi connectivity index (χ0) is 14.8. The number of piperidine rings is 1. The predicted octanol–water partition coefficient (Wildman–Crippen LogP) is 1.78. The van der Waals surface area contributed by atoms with Crippen molar-refractivity contribution in [3.8, 4) is 0 Å². The number of hydrogen-bond acceptors (Lipinski definition) is 4. The van der Waals surface area contributed by atoms with Gasteiger partial charge in [-0.2, -0.15) is 0 Å². The second kappa shape index (κ2) is 5.83. The summed E-state index contributed by atoms with van der Waals surface area (Å²) < 4.78 is 24.3. The van der Waals surface area contributed by atoms with E-state index in [1.165, 1.54) is 0 Å². The summed E-state index contributed by atoms with van der Waals surface area (Å²) in [7, 11) is -3.31. The van der Waals surface area contributed by atoms with Crippen LogP contribution in [-0.4, -0.2) is 38.3 Å². The maximum atomic E-state index is 12.1. The monoisotopic (exact) mass is 297 g/mol. The molecule has 0 bridgehead atoms. The summed E-state index contributed by atoms with van der Waals surface area (Å²) in [6.45, 7) is 2.67. The van der Waals surface area contributed by atoms with Crippen LogP contribution >= 0.6 is 0 Å². The van der Waals surface area contributed by atoms with Gasteiger partial charge in [0.15, 0.2) is 9.84 Å². The number of carboxylic acid groups (broad SMARTS) is 1. The number of benzene rings is 1. The molecule has 6 heteroatoms. The Morgan fingerprint density at radius 3 is 2.75 bits per heavy atom. The van der Waals surface area contributed by atoms with E-state index in [-0.39, 0.29) is 5.75 Å². The molecule has 5 nitrogen and oxygen atoms in total. The second-order valence-electron chi connectivity index (χ2n) is 4.99. The van der Waals surface area contributed by atoms with Gasteiger partial charge in [-0.1, -0.05) is 19.1 Å². The molecule has 1 aromatic carbocycles. The number of carboxylic acids is 1. The Bertz CT molecular complexity index is 597. The van der Waals surface area contributed by atoms with Crippen LogP contribution in [0.25, 0.3) is 0 Å². The maximum Gasteiger partial charge on any atom is 0.308 e. The average molecular weight is 297 g/mol. The molecule has 0 saturated carbocycles. The van der Waals surface area contributed by atoms with Crippen LogP contribution in [0.4, 0.5) is 5.69 Å². The number of sulfone groups is 1. The standard InChI is InChI=1S/C14H19NO4S/c1-2-20(18,19)13-8-4-3-7-12(13)15-9-5-6-11(10-15)14(16)17/h3-4,7-8,11H,2,5-6,9-10H2,1H3,(H,16,17). The van der Waals surface area contributed by atoms with Crippen LogP contribution in [0.5, 0.6) is 0 Å². The van der Waals surface area contributed by atoms with E-state index in [1.807, 2.05) is 4.90 Å². The third-order valence-electron chi connectivity index (χ3n) is 3.69. The highest BCUT2D eigenvalue weighted by molar-refractivity contribution is 7.91. The van der Waals surface area contributed by atoms with E-state index < -0.39 is 21.7 Å². The van der Waals surface area contributed by atoms with Gasteiger partial charge in [0.05, 0.1) is 22.3 Å². The highest BCUT2D eigenvalue weighted by Crippen LogP contribution is 2.29. The molecule has 0 spiro atoms. The van der Waals surface area contributed by atoms with E-state index in [2.05, 4.69) is 0 Å². The number of anilines is 1. The zero-order valence-corrected chi connectivity index (χ0v) is 12.3. The van der Waals surface area contributed by atoms with Crippen molar-refractivity contribution in [2.24, 2.45) is 5.92 Å². The lowest BCUT2D eigenvalue weighted by atomic mass is 9.98. The van der Waals surface area contributed by atoms with Crippen molar-refractivity contribution in [2.45, 2.75) is 24.7 Å². The van der Waals surface area contributed by atoms with Crippen molar-refractivity contribution in [1.29, 1.82) is 0 Å². The molecule has 1 atom stereocenters. The van der Waals surface area contributed by atoms with Gasteiger partial charge in [-0.3, -0.25) is 4.79 Å². The molecule has 1 saturated heterocycles. The van der Waals surface area contributed by atoms with Gasteiger partial charge in [0.25, 0.3) is 0 Å². The van der Waals surface area contributed by atoms with Crippen LogP contribution in [0.3, 0.4) is 0 Å². The van der Waals surface area contributed by atoms with Crippen molar-refractivity contribution < 1.29 is 18.3 Å². The molecule has 1 aliphatic heterocycles. The SMILES string of the molecule is CCS(=O)(=O)c1ccccc1N1CCCC(C(=O)O)C1. The van der Waals surface area contributed by atoms with Crippen LogP contribution in [0, 0.1) is 5.92 Å². The molecule has 1 N–H and O–H groups in total. The van der Waals surface area contributed by atoms with Gasteiger partial charge in [0, 0.05) is 13.1 Å². The molecule has 110 valence electrons.